The summed E-state index contributed by atoms with van der Waals surface area (Å²) in [6, 6.07) is 3.07. The third kappa shape index (κ3) is 2.72. The molecule has 0 bridgehead atoms. The van der Waals surface area contributed by atoms with E-state index in [0.717, 1.165) is 37.6 Å². The van der Waals surface area contributed by atoms with E-state index in [1.807, 2.05) is 0 Å². The fourth-order valence-electron chi connectivity index (χ4n) is 1.92. The lowest BCUT2D eigenvalue weighted by Gasteiger charge is -2.24. The van der Waals surface area contributed by atoms with Crippen LogP contribution in [0, 0.1) is 11.6 Å². The molecule has 0 aliphatic heterocycles. The van der Waals surface area contributed by atoms with E-state index in [-0.39, 0.29) is 0 Å². The van der Waals surface area contributed by atoms with Crippen molar-refractivity contribution in [2.45, 2.75) is 11.1 Å². The highest BCUT2D eigenvalue weighted by Crippen LogP contribution is 2.30. The van der Waals surface area contributed by atoms with Crippen LogP contribution in [0.3, 0.4) is 0 Å². The Morgan fingerprint density at radius 1 is 1.23 bits per heavy atom. The van der Waals surface area contributed by atoms with Crippen LogP contribution in [0.5, 0.6) is 0 Å². The van der Waals surface area contributed by atoms with Gasteiger partial charge in [-0.25, -0.2) is 17.2 Å². The molecule has 1 heterocycles. The van der Waals surface area contributed by atoms with Gasteiger partial charge < -0.3 is 9.52 Å². The number of furan rings is 1. The van der Waals surface area contributed by atoms with E-state index in [0.29, 0.717) is 4.31 Å². The number of benzene rings is 1. The maximum absolute atomic E-state index is 13.8. The fraction of sp³-hybridized carbons (Fsp3) is 0.154. The van der Waals surface area contributed by atoms with E-state index in [4.69, 9.17) is 4.42 Å². The van der Waals surface area contributed by atoms with Crippen LogP contribution in [-0.2, 0) is 14.8 Å². The molecule has 2 rings (SSSR count). The number of hydrogen-bond acceptors (Lipinski definition) is 4. The maximum Gasteiger partial charge on any atom is 0.326 e. The molecule has 0 aliphatic rings. The van der Waals surface area contributed by atoms with Gasteiger partial charge in [-0.15, -0.1) is 0 Å². The van der Waals surface area contributed by atoms with E-state index >= 15 is 0 Å². The number of halogens is 2. The molecule has 0 radical (unpaired) electrons. The van der Waals surface area contributed by atoms with E-state index in [1.54, 1.807) is 0 Å². The minimum atomic E-state index is -4.37. The van der Waals surface area contributed by atoms with Crippen molar-refractivity contribution >= 4 is 16.0 Å². The van der Waals surface area contributed by atoms with Gasteiger partial charge in [0.2, 0.25) is 5.09 Å². The topological polar surface area (TPSA) is 87.8 Å². The van der Waals surface area contributed by atoms with Crippen molar-refractivity contribution in [2.75, 3.05) is 7.05 Å². The quantitative estimate of drug-likeness (QED) is 0.905. The minimum Gasteiger partial charge on any atom is -0.480 e. The molecule has 118 valence electrons. The SMILES string of the molecule is CN(C(C(=O)O)c1c(F)cccc1F)S(=O)(=O)c1ccco1. The number of hydrogen-bond donors (Lipinski definition) is 1. The zero-order chi connectivity index (χ0) is 16.5. The average Bonchev–Trinajstić information content (AvgIpc) is 2.96. The highest BCUT2D eigenvalue weighted by molar-refractivity contribution is 7.89. The number of nitrogens with zero attached hydrogens (tertiary/aromatic N) is 1. The van der Waals surface area contributed by atoms with Crippen molar-refractivity contribution in [1.82, 2.24) is 4.31 Å². The highest BCUT2D eigenvalue weighted by atomic mass is 32.2. The molecule has 0 saturated carbocycles. The standard InChI is InChI=1S/C13H11F2NO5S/c1-16(22(19,20)10-6-3-7-21-10)12(13(17)18)11-8(14)4-2-5-9(11)15/h2-7,12H,1H3,(H,17,18). The molecule has 9 heteroatoms. The molecule has 1 aromatic heterocycles. The van der Waals surface area contributed by atoms with Crippen LogP contribution in [0.2, 0.25) is 0 Å². The fourth-order valence-corrected chi connectivity index (χ4v) is 3.11. The Morgan fingerprint density at radius 3 is 2.27 bits per heavy atom. The lowest BCUT2D eigenvalue weighted by Crippen LogP contribution is -2.36. The summed E-state index contributed by atoms with van der Waals surface area (Å²) in [5, 5.41) is 8.71. The molecule has 0 saturated heterocycles. The van der Waals surface area contributed by atoms with Crippen LogP contribution >= 0.6 is 0 Å². The molecule has 0 aliphatic carbocycles. The Morgan fingerprint density at radius 2 is 1.82 bits per heavy atom. The molecule has 22 heavy (non-hydrogen) atoms. The van der Waals surface area contributed by atoms with E-state index in [1.165, 1.54) is 6.07 Å². The first-order chi connectivity index (χ1) is 10.3. The van der Waals surface area contributed by atoms with Crippen LogP contribution in [0.1, 0.15) is 11.6 Å². The van der Waals surface area contributed by atoms with Gasteiger partial charge in [0, 0.05) is 7.05 Å². The second-order valence-corrected chi connectivity index (χ2v) is 6.26. The highest BCUT2D eigenvalue weighted by Gasteiger charge is 2.38. The lowest BCUT2D eigenvalue weighted by molar-refractivity contribution is -0.141. The largest absolute Gasteiger partial charge is 0.480 e. The van der Waals surface area contributed by atoms with Gasteiger partial charge in [-0.05, 0) is 24.3 Å². The van der Waals surface area contributed by atoms with E-state index in [2.05, 4.69) is 0 Å². The van der Waals surface area contributed by atoms with E-state index in [9.17, 15) is 27.1 Å². The first kappa shape index (κ1) is 16.1. The summed E-state index contributed by atoms with van der Waals surface area (Å²) in [5.41, 5.74) is -0.868. The summed E-state index contributed by atoms with van der Waals surface area (Å²) in [5.74, 6) is -4.04. The van der Waals surface area contributed by atoms with E-state index < -0.39 is 44.3 Å². The zero-order valence-corrected chi connectivity index (χ0v) is 12.0. The van der Waals surface area contributed by atoms with Gasteiger partial charge in [0.1, 0.15) is 11.6 Å². The average molecular weight is 331 g/mol. The molecule has 0 spiro atoms. The number of aliphatic carboxylic acids is 1. The summed E-state index contributed by atoms with van der Waals surface area (Å²) in [4.78, 5) is 11.4. The molecule has 1 aromatic carbocycles. The van der Waals surface area contributed by atoms with Crippen molar-refractivity contribution in [3.63, 3.8) is 0 Å². The molecule has 1 N–H and O–H groups in total. The van der Waals surface area contributed by atoms with Gasteiger partial charge in [-0.1, -0.05) is 6.07 Å². The van der Waals surface area contributed by atoms with Crippen molar-refractivity contribution in [1.29, 1.82) is 0 Å². The van der Waals surface area contributed by atoms with Gasteiger partial charge in [-0.3, -0.25) is 4.79 Å². The van der Waals surface area contributed by atoms with Crippen LogP contribution in [0.4, 0.5) is 8.78 Å². The van der Waals surface area contributed by atoms with Crippen LogP contribution < -0.4 is 0 Å². The molecule has 0 fully saturated rings. The smallest absolute Gasteiger partial charge is 0.326 e. The van der Waals surface area contributed by atoms with Crippen LogP contribution in [-0.4, -0.2) is 30.8 Å². The predicted molar refractivity (Wildman–Crippen MR) is 70.4 cm³/mol. The van der Waals surface area contributed by atoms with Gasteiger partial charge in [0.15, 0.2) is 6.04 Å². The second-order valence-electron chi connectivity index (χ2n) is 4.33. The monoisotopic (exact) mass is 331 g/mol. The number of carboxylic acid groups (broad SMARTS) is 1. The van der Waals surface area contributed by atoms with Gasteiger partial charge in [0.25, 0.3) is 10.0 Å². The first-order valence-electron chi connectivity index (χ1n) is 5.95. The summed E-state index contributed by atoms with van der Waals surface area (Å²) in [6.45, 7) is 0. The molecule has 1 unspecified atom stereocenters. The molecular formula is C13H11F2NO5S. The Bertz CT molecular complexity index is 769. The van der Waals surface area contributed by atoms with Crippen LogP contribution in [0.15, 0.2) is 46.1 Å². The second kappa shape index (κ2) is 5.85. The normalized spacial score (nSPS) is 13.3. The maximum atomic E-state index is 13.8. The summed E-state index contributed by atoms with van der Waals surface area (Å²) in [7, 11) is -3.46. The van der Waals surface area contributed by atoms with Gasteiger partial charge in [-0.2, -0.15) is 4.31 Å². The zero-order valence-electron chi connectivity index (χ0n) is 11.2. The van der Waals surface area contributed by atoms with Gasteiger partial charge >= 0.3 is 5.97 Å². The Kier molecular flexibility index (Phi) is 4.29. The molecule has 0 amide bonds. The Hall–Kier alpha value is -2.26. The molecular weight excluding hydrogens is 320 g/mol. The molecule has 2 aromatic rings. The number of rotatable bonds is 5. The number of carboxylic acids is 1. The molecule has 1 atom stereocenters. The van der Waals surface area contributed by atoms with Crippen LogP contribution in [0.25, 0.3) is 0 Å². The summed E-state index contributed by atoms with van der Waals surface area (Å²) < 4.78 is 57.2. The minimum absolute atomic E-state index is 0.343. The summed E-state index contributed by atoms with van der Waals surface area (Å²) in [6.07, 6.45) is 1.08. The number of carbonyl (C=O) groups is 1. The summed E-state index contributed by atoms with van der Waals surface area (Å²) >= 11 is 0. The molecule has 6 nitrogen and oxygen atoms in total. The predicted octanol–water partition coefficient (Wildman–Crippen LogP) is 2.00. The third-order valence-corrected chi connectivity index (χ3v) is 4.71. The number of likely N-dealkylation sites (N-methyl/N-ethyl adjacent to an activating group) is 1. The van der Waals surface area contributed by atoms with Gasteiger partial charge in [0.05, 0.1) is 11.8 Å². The lowest BCUT2D eigenvalue weighted by atomic mass is 10.1. The van der Waals surface area contributed by atoms with Crippen molar-refractivity contribution in [3.05, 3.63) is 53.8 Å². The third-order valence-electron chi connectivity index (χ3n) is 3.00. The number of sulfonamides is 1. The van der Waals surface area contributed by atoms with Crippen molar-refractivity contribution in [3.8, 4) is 0 Å². The Labute approximate surface area is 124 Å². The Balaban J connectivity index is 2.57. The van der Waals surface area contributed by atoms with Crippen molar-refractivity contribution < 1.29 is 31.5 Å². The first-order valence-corrected chi connectivity index (χ1v) is 7.39. The van der Waals surface area contributed by atoms with Crippen molar-refractivity contribution in [2.24, 2.45) is 0 Å².